The molecule has 0 radical (unpaired) electrons. The normalized spacial score (nSPS) is 17.4. The number of carbonyl (C=O) groups excluding carboxylic acids is 2. The molecule has 152 valence electrons. The van der Waals surface area contributed by atoms with Crippen molar-refractivity contribution in [2.75, 3.05) is 0 Å². The summed E-state index contributed by atoms with van der Waals surface area (Å²) in [6.07, 6.45) is 4.73. The van der Waals surface area contributed by atoms with E-state index in [4.69, 9.17) is 4.74 Å². The van der Waals surface area contributed by atoms with Gasteiger partial charge < -0.3 is 10.1 Å². The quantitative estimate of drug-likeness (QED) is 0.372. The molecule has 1 atom stereocenters. The van der Waals surface area contributed by atoms with Crippen LogP contribution in [0.4, 0.5) is 5.69 Å². The fraction of sp³-hybridized carbons (Fsp3) is 0.619. The standard InChI is InChI=1S/C21H28N2O5/c1-13(2)28-21(25)12-18(16-5-3-4-6-19(16)23(26)27)22-20(24)11-17(14-7-8-14)15-9-10-15/h3-6,13-15,17-18H,7-12H2,1-2H3,(H,22,24). The van der Waals surface area contributed by atoms with Crippen molar-refractivity contribution >= 4 is 17.6 Å². The number of carbonyl (C=O) groups is 2. The van der Waals surface area contributed by atoms with Crippen LogP contribution in [0.1, 0.15) is 64.0 Å². The number of benzene rings is 1. The Balaban J connectivity index is 1.74. The SMILES string of the molecule is CC(C)OC(=O)CC(NC(=O)CC(C1CC1)C1CC1)c1ccccc1[N+](=O)[O-]. The molecule has 2 fully saturated rings. The molecule has 0 heterocycles. The molecule has 1 aromatic rings. The highest BCUT2D eigenvalue weighted by atomic mass is 16.6. The van der Waals surface area contributed by atoms with Crippen molar-refractivity contribution in [2.45, 2.75) is 64.5 Å². The number of nitro groups is 1. The van der Waals surface area contributed by atoms with E-state index in [9.17, 15) is 19.7 Å². The maximum Gasteiger partial charge on any atom is 0.308 e. The first kappa shape index (κ1) is 20.3. The fourth-order valence-electron chi connectivity index (χ4n) is 3.90. The van der Waals surface area contributed by atoms with E-state index in [-0.39, 0.29) is 24.1 Å². The minimum absolute atomic E-state index is 0.105. The second kappa shape index (κ2) is 8.71. The summed E-state index contributed by atoms with van der Waals surface area (Å²) in [4.78, 5) is 35.9. The molecule has 1 aromatic carbocycles. The Morgan fingerprint density at radius 1 is 1.14 bits per heavy atom. The number of hydrogen-bond donors (Lipinski definition) is 1. The number of nitrogens with zero attached hydrogens (tertiary/aromatic N) is 1. The first-order valence-corrected chi connectivity index (χ1v) is 10.1. The van der Waals surface area contributed by atoms with Crippen molar-refractivity contribution in [1.82, 2.24) is 5.32 Å². The first-order chi connectivity index (χ1) is 13.3. The van der Waals surface area contributed by atoms with Crippen LogP contribution in [0.3, 0.4) is 0 Å². The zero-order valence-electron chi connectivity index (χ0n) is 16.4. The summed E-state index contributed by atoms with van der Waals surface area (Å²) in [6.45, 7) is 3.48. The predicted molar refractivity (Wildman–Crippen MR) is 103 cm³/mol. The van der Waals surface area contributed by atoms with Crippen LogP contribution in [0.2, 0.25) is 0 Å². The van der Waals surface area contributed by atoms with Gasteiger partial charge in [-0.1, -0.05) is 18.2 Å². The lowest BCUT2D eigenvalue weighted by Gasteiger charge is -2.21. The molecule has 2 saturated carbocycles. The summed E-state index contributed by atoms with van der Waals surface area (Å²) < 4.78 is 5.20. The lowest BCUT2D eigenvalue weighted by atomic mass is 9.93. The molecule has 0 bridgehead atoms. The van der Waals surface area contributed by atoms with Gasteiger partial charge in [0.2, 0.25) is 5.91 Å². The second-order valence-electron chi connectivity index (χ2n) is 8.22. The van der Waals surface area contributed by atoms with Crippen LogP contribution in [0, 0.1) is 27.9 Å². The average molecular weight is 388 g/mol. The fourth-order valence-corrected chi connectivity index (χ4v) is 3.90. The molecule has 2 aliphatic carbocycles. The van der Waals surface area contributed by atoms with Crippen molar-refractivity contribution in [3.63, 3.8) is 0 Å². The van der Waals surface area contributed by atoms with Gasteiger partial charge in [-0.3, -0.25) is 19.7 Å². The van der Waals surface area contributed by atoms with Gasteiger partial charge in [0.1, 0.15) is 0 Å². The molecule has 1 N–H and O–H groups in total. The Morgan fingerprint density at radius 2 is 1.75 bits per heavy atom. The van der Waals surface area contributed by atoms with Crippen molar-refractivity contribution in [3.8, 4) is 0 Å². The van der Waals surface area contributed by atoms with E-state index in [1.807, 2.05) is 0 Å². The molecule has 2 aliphatic rings. The van der Waals surface area contributed by atoms with Gasteiger partial charge in [0.25, 0.3) is 5.69 Å². The molecule has 3 rings (SSSR count). The number of nitrogens with one attached hydrogen (secondary N) is 1. The number of esters is 1. The summed E-state index contributed by atoms with van der Waals surface area (Å²) in [7, 11) is 0. The number of para-hydroxylation sites is 1. The Bertz CT molecular complexity index is 728. The Kier molecular flexibility index (Phi) is 6.31. The van der Waals surface area contributed by atoms with Crippen LogP contribution in [0.25, 0.3) is 0 Å². The van der Waals surface area contributed by atoms with Crippen molar-refractivity contribution in [1.29, 1.82) is 0 Å². The van der Waals surface area contributed by atoms with Crippen LogP contribution in [-0.2, 0) is 14.3 Å². The van der Waals surface area contributed by atoms with E-state index < -0.39 is 16.9 Å². The minimum atomic E-state index is -0.778. The van der Waals surface area contributed by atoms with Gasteiger partial charge in [-0.05, 0) is 57.3 Å². The van der Waals surface area contributed by atoms with Crippen molar-refractivity contribution in [3.05, 3.63) is 39.9 Å². The highest BCUT2D eigenvalue weighted by Gasteiger charge is 2.42. The van der Waals surface area contributed by atoms with Crippen LogP contribution < -0.4 is 5.32 Å². The smallest absolute Gasteiger partial charge is 0.308 e. The van der Waals surface area contributed by atoms with Gasteiger partial charge >= 0.3 is 5.97 Å². The summed E-state index contributed by atoms with van der Waals surface area (Å²) in [5, 5.41) is 14.3. The van der Waals surface area contributed by atoms with Gasteiger partial charge in [0.05, 0.1) is 29.1 Å². The topological polar surface area (TPSA) is 98.5 Å². The van der Waals surface area contributed by atoms with E-state index in [0.717, 1.165) is 0 Å². The zero-order valence-corrected chi connectivity index (χ0v) is 16.4. The molecule has 1 unspecified atom stereocenters. The first-order valence-electron chi connectivity index (χ1n) is 10.1. The number of amides is 1. The maximum atomic E-state index is 12.8. The molecule has 7 nitrogen and oxygen atoms in total. The highest BCUT2D eigenvalue weighted by molar-refractivity contribution is 5.79. The van der Waals surface area contributed by atoms with Crippen molar-refractivity contribution < 1.29 is 19.2 Å². The van der Waals surface area contributed by atoms with Gasteiger partial charge in [-0.15, -0.1) is 0 Å². The highest BCUT2D eigenvalue weighted by Crippen LogP contribution is 2.50. The molecule has 0 spiro atoms. The predicted octanol–water partition coefficient (Wildman–Crippen LogP) is 3.92. The zero-order chi connectivity index (χ0) is 20.3. The number of hydrogen-bond acceptors (Lipinski definition) is 5. The summed E-state index contributed by atoms with van der Waals surface area (Å²) in [6, 6.07) is 5.44. The average Bonchev–Trinajstić information content (AvgIpc) is 3.52. The number of rotatable bonds is 10. The molecule has 0 aliphatic heterocycles. The van der Waals surface area contributed by atoms with Crippen LogP contribution in [-0.4, -0.2) is 22.9 Å². The molecular formula is C21H28N2O5. The van der Waals surface area contributed by atoms with Gasteiger partial charge in [0, 0.05) is 12.5 Å². The molecule has 28 heavy (non-hydrogen) atoms. The summed E-state index contributed by atoms with van der Waals surface area (Å²) in [5.41, 5.74) is 0.224. The Labute approximate surface area is 165 Å². The maximum absolute atomic E-state index is 12.8. The van der Waals surface area contributed by atoms with Gasteiger partial charge in [-0.25, -0.2) is 0 Å². The third kappa shape index (κ3) is 5.53. The molecule has 0 saturated heterocycles. The summed E-state index contributed by atoms with van der Waals surface area (Å²) >= 11 is 0. The largest absolute Gasteiger partial charge is 0.463 e. The molecule has 0 aromatic heterocycles. The van der Waals surface area contributed by atoms with Crippen LogP contribution in [0.5, 0.6) is 0 Å². The van der Waals surface area contributed by atoms with E-state index >= 15 is 0 Å². The van der Waals surface area contributed by atoms with Gasteiger partial charge in [0.15, 0.2) is 0 Å². The lowest BCUT2D eigenvalue weighted by Crippen LogP contribution is -2.33. The molecule has 1 amide bonds. The molecular weight excluding hydrogens is 360 g/mol. The van der Waals surface area contributed by atoms with Crippen molar-refractivity contribution in [2.24, 2.45) is 17.8 Å². The lowest BCUT2D eigenvalue weighted by molar-refractivity contribution is -0.385. The van der Waals surface area contributed by atoms with E-state index in [1.165, 1.54) is 31.7 Å². The number of nitro benzene ring substituents is 1. The second-order valence-corrected chi connectivity index (χ2v) is 8.22. The third-order valence-electron chi connectivity index (χ3n) is 5.46. The Morgan fingerprint density at radius 3 is 2.29 bits per heavy atom. The Hall–Kier alpha value is -2.44. The number of ether oxygens (including phenoxy) is 1. The van der Waals surface area contributed by atoms with Crippen LogP contribution in [0.15, 0.2) is 24.3 Å². The monoisotopic (exact) mass is 388 g/mol. The third-order valence-corrected chi connectivity index (χ3v) is 5.46. The van der Waals surface area contributed by atoms with E-state index in [2.05, 4.69) is 5.32 Å². The van der Waals surface area contributed by atoms with E-state index in [1.54, 1.807) is 32.0 Å². The molecule has 7 heteroatoms. The van der Waals surface area contributed by atoms with Crippen LogP contribution >= 0.6 is 0 Å². The summed E-state index contributed by atoms with van der Waals surface area (Å²) in [5.74, 6) is 1.03. The minimum Gasteiger partial charge on any atom is -0.463 e. The van der Waals surface area contributed by atoms with Gasteiger partial charge in [-0.2, -0.15) is 0 Å². The van der Waals surface area contributed by atoms with E-state index in [0.29, 0.717) is 29.7 Å².